The number of amides is 1. The van der Waals surface area contributed by atoms with Gasteiger partial charge in [0.2, 0.25) is 0 Å². The van der Waals surface area contributed by atoms with Crippen LogP contribution in [0.15, 0.2) is 67.0 Å². The van der Waals surface area contributed by atoms with Crippen molar-refractivity contribution in [1.29, 1.82) is 0 Å². The summed E-state index contributed by atoms with van der Waals surface area (Å²) in [7, 11) is -3.61. The fraction of sp³-hybridized carbons (Fsp3) is 0.250. The smallest absolute Gasteiger partial charge is 0.282 e. The predicted octanol–water partition coefficient (Wildman–Crippen LogP) is 3.42. The van der Waals surface area contributed by atoms with Gasteiger partial charge in [0.15, 0.2) is 0 Å². The molecule has 7 nitrogen and oxygen atoms in total. The Hall–Kier alpha value is -2.78. The first-order valence-electron chi connectivity index (χ1n) is 10.7. The summed E-state index contributed by atoms with van der Waals surface area (Å²) < 4.78 is 29.3. The van der Waals surface area contributed by atoms with Gasteiger partial charge < -0.3 is 4.90 Å². The van der Waals surface area contributed by atoms with Gasteiger partial charge in [0, 0.05) is 62.2 Å². The van der Waals surface area contributed by atoms with Gasteiger partial charge in [-0.05, 0) is 58.7 Å². The molecule has 0 radical (unpaired) electrons. The molecule has 1 amide bonds. The van der Waals surface area contributed by atoms with Crippen LogP contribution in [0, 0.1) is 0 Å². The molecule has 0 atom stereocenters. The number of halogens is 1. The number of fused-ring (bicyclic) bond motifs is 1. The molecule has 5 rings (SSSR count). The molecule has 0 aliphatic carbocycles. The van der Waals surface area contributed by atoms with Crippen LogP contribution in [0.5, 0.6) is 0 Å². The highest BCUT2D eigenvalue weighted by Crippen LogP contribution is 2.29. The molecule has 1 aromatic heterocycles. The molecular weight excluding hydrogens is 460 g/mol. The summed E-state index contributed by atoms with van der Waals surface area (Å²) >= 11 is 6.05. The maximum absolute atomic E-state index is 13.2. The lowest BCUT2D eigenvalue weighted by Gasteiger charge is -2.35. The van der Waals surface area contributed by atoms with Gasteiger partial charge in [-0.1, -0.05) is 29.8 Å². The van der Waals surface area contributed by atoms with Crippen molar-refractivity contribution in [2.75, 3.05) is 26.2 Å². The van der Waals surface area contributed by atoms with Crippen molar-refractivity contribution in [3.05, 3.63) is 88.7 Å². The first-order chi connectivity index (χ1) is 15.9. The van der Waals surface area contributed by atoms with Crippen LogP contribution in [0.2, 0.25) is 5.02 Å². The molecule has 0 bridgehead atoms. The molecule has 0 N–H and O–H groups in total. The summed E-state index contributed by atoms with van der Waals surface area (Å²) in [5.41, 5.74) is 4.56. The molecule has 170 valence electrons. The van der Waals surface area contributed by atoms with Crippen LogP contribution < -0.4 is 0 Å². The van der Waals surface area contributed by atoms with E-state index >= 15 is 0 Å². The fourth-order valence-electron chi connectivity index (χ4n) is 4.31. The van der Waals surface area contributed by atoms with Gasteiger partial charge in [0.1, 0.15) is 0 Å². The van der Waals surface area contributed by atoms with E-state index in [1.165, 1.54) is 8.61 Å². The van der Waals surface area contributed by atoms with Gasteiger partial charge >= 0.3 is 0 Å². The van der Waals surface area contributed by atoms with Crippen molar-refractivity contribution in [3.63, 3.8) is 0 Å². The van der Waals surface area contributed by atoms with E-state index in [4.69, 9.17) is 11.6 Å². The Morgan fingerprint density at radius 2 is 1.42 bits per heavy atom. The molecule has 3 heterocycles. The normalized spacial score (nSPS) is 17.2. The average Bonchev–Trinajstić information content (AvgIpc) is 3.28. The van der Waals surface area contributed by atoms with Gasteiger partial charge in [-0.25, -0.2) is 0 Å². The second-order valence-corrected chi connectivity index (χ2v) is 10.6. The maximum Gasteiger partial charge on any atom is 0.282 e. The Bertz CT molecular complexity index is 1270. The number of rotatable bonds is 4. The van der Waals surface area contributed by atoms with E-state index in [0.29, 0.717) is 36.8 Å². The summed E-state index contributed by atoms with van der Waals surface area (Å²) in [6, 6.07) is 16.8. The zero-order valence-electron chi connectivity index (χ0n) is 17.9. The second-order valence-electron chi connectivity index (χ2n) is 8.19. The topological polar surface area (TPSA) is 73.8 Å². The lowest BCUT2D eigenvalue weighted by atomic mass is 10.0. The molecule has 0 saturated carbocycles. The van der Waals surface area contributed by atoms with Crippen molar-refractivity contribution in [2.45, 2.75) is 13.1 Å². The van der Waals surface area contributed by atoms with E-state index in [1.807, 2.05) is 48.5 Å². The number of benzene rings is 2. The number of carbonyl (C=O) groups is 1. The second kappa shape index (κ2) is 8.87. The molecule has 2 aromatic carbocycles. The Labute approximate surface area is 198 Å². The SMILES string of the molecule is O=C(c1ccc(-c2ccncc2)cc1)N1CCN(S(=O)(=O)N2Cc3ccc(Cl)cc3C2)CC1. The van der Waals surface area contributed by atoms with Crippen molar-refractivity contribution < 1.29 is 13.2 Å². The standard InChI is InChI=1S/C24H23ClN4O3S/c25-23-6-5-21-16-29(17-22(21)15-23)33(31,32)28-13-11-27(12-14-28)24(30)20-3-1-18(2-4-20)19-7-9-26-10-8-19/h1-10,15H,11-14,16-17H2. The van der Waals surface area contributed by atoms with E-state index in [2.05, 4.69) is 4.98 Å². The lowest BCUT2D eigenvalue weighted by molar-refractivity contribution is 0.0694. The van der Waals surface area contributed by atoms with Crippen LogP contribution in [0.4, 0.5) is 0 Å². The van der Waals surface area contributed by atoms with Gasteiger partial charge in [-0.2, -0.15) is 17.0 Å². The number of piperazine rings is 1. The fourth-order valence-corrected chi connectivity index (χ4v) is 6.06. The van der Waals surface area contributed by atoms with Crippen molar-refractivity contribution in [3.8, 4) is 11.1 Å². The number of hydrogen-bond donors (Lipinski definition) is 0. The minimum atomic E-state index is -3.61. The zero-order chi connectivity index (χ0) is 23.0. The largest absolute Gasteiger partial charge is 0.336 e. The number of hydrogen-bond acceptors (Lipinski definition) is 4. The molecule has 0 unspecified atom stereocenters. The lowest BCUT2D eigenvalue weighted by Crippen LogP contribution is -2.53. The van der Waals surface area contributed by atoms with Crippen molar-refractivity contribution in [1.82, 2.24) is 18.5 Å². The van der Waals surface area contributed by atoms with Crippen LogP contribution in [0.3, 0.4) is 0 Å². The van der Waals surface area contributed by atoms with E-state index in [0.717, 1.165) is 22.3 Å². The predicted molar refractivity (Wildman–Crippen MR) is 127 cm³/mol. The molecule has 0 spiro atoms. The minimum Gasteiger partial charge on any atom is -0.336 e. The average molecular weight is 483 g/mol. The highest BCUT2D eigenvalue weighted by atomic mass is 35.5. The number of aromatic nitrogens is 1. The maximum atomic E-state index is 13.2. The third-order valence-electron chi connectivity index (χ3n) is 6.19. The Kier molecular flexibility index (Phi) is 5.92. The van der Waals surface area contributed by atoms with E-state index in [-0.39, 0.29) is 19.0 Å². The summed E-state index contributed by atoms with van der Waals surface area (Å²) in [4.78, 5) is 18.7. The molecular formula is C24H23ClN4O3S. The third-order valence-corrected chi connectivity index (χ3v) is 8.35. The first kappa shape index (κ1) is 22.0. The molecule has 33 heavy (non-hydrogen) atoms. The van der Waals surface area contributed by atoms with E-state index in [1.54, 1.807) is 23.4 Å². The quantitative estimate of drug-likeness (QED) is 0.571. The van der Waals surface area contributed by atoms with Crippen LogP contribution in [0.25, 0.3) is 11.1 Å². The number of carbonyl (C=O) groups excluding carboxylic acids is 1. The van der Waals surface area contributed by atoms with Crippen LogP contribution >= 0.6 is 11.6 Å². The monoisotopic (exact) mass is 482 g/mol. The highest BCUT2D eigenvalue weighted by molar-refractivity contribution is 7.86. The van der Waals surface area contributed by atoms with Gasteiger partial charge in [0.25, 0.3) is 16.1 Å². The van der Waals surface area contributed by atoms with E-state index < -0.39 is 10.2 Å². The Morgan fingerprint density at radius 3 is 2.12 bits per heavy atom. The molecule has 1 saturated heterocycles. The highest BCUT2D eigenvalue weighted by Gasteiger charge is 2.36. The summed E-state index contributed by atoms with van der Waals surface area (Å²) in [6.45, 7) is 1.93. The molecule has 2 aliphatic rings. The van der Waals surface area contributed by atoms with Crippen LogP contribution in [-0.4, -0.2) is 59.0 Å². The number of pyridine rings is 1. The third kappa shape index (κ3) is 4.39. The molecule has 3 aromatic rings. The van der Waals surface area contributed by atoms with Gasteiger partial charge in [0.05, 0.1) is 0 Å². The Balaban J connectivity index is 1.21. The first-order valence-corrected chi connectivity index (χ1v) is 12.5. The summed E-state index contributed by atoms with van der Waals surface area (Å²) in [6.07, 6.45) is 3.47. The number of nitrogens with zero attached hydrogens (tertiary/aromatic N) is 4. The van der Waals surface area contributed by atoms with Crippen molar-refractivity contribution >= 4 is 27.7 Å². The summed E-state index contributed by atoms with van der Waals surface area (Å²) in [5.74, 6) is -0.0865. The van der Waals surface area contributed by atoms with Crippen molar-refractivity contribution in [2.24, 2.45) is 0 Å². The zero-order valence-corrected chi connectivity index (χ0v) is 19.5. The van der Waals surface area contributed by atoms with Crippen LogP contribution in [0.1, 0.15) is 21.5 Å². The summed E-state index contributed by atoms with van der Waals surface area (Å²) in [5, 5.41) is 0.605. The molecule has 1 fully saturated rings. The van der Waals surface area contributed by atoms with Crippen LogP contribution in [-0.2, 0) is 23.3 Å². The van der Waals surface area contributed by atoms with Gasteiger partial charge in [-0.15, -0.1) is 0 Å². The molecule has 2 aliphatic heterocycles. The Morgan fingerprint density at radius 1 is 0.788 bits per heavy atom. The van der Waals surface area contributed by atoms with Gasteiger partial charge in [-0.3, -0.25) is 9.78 Å². The van der Waals surface area contributed by atoms with E-state index in [9.17, 15) is 13.2 Å². The molecule has 9 heteroatoms. The minimum absolute atomic E-state index is 0.0865.